The van der Waals surface area contributed by atoms with Crippen molar-refractivity contribution in [1.29, 1.82) is 0 Å². The minimum Gasteiger partial charge on any atom is -0.508 e. The van der Waals surface area contributed by atoms with Gasteiger partial charge in [-0.15, -0.1) is 0 Å². The molecule has 0 aliphatic carbocycles. The molecule has 1 heterocycles. The van der Waals surface area contributed by atoms with Gasteiger partial charge in [0.1, 0.15) is 11.6 Å². The molecule has 1 unspecified atom stereocenters. The van der Waals surface area contributed by atoms with Crippen molar-refractivity contribution in [1.82, 2.24) is 14.7 Å². The van der Waals surface area contributed by atoms with Gasteiger partial charge in [-0.3, -0.25) is 14.6 Å². The van der Waals surface area contributed by atoms with Crippen molar-refractivity contribution in [2.75, 3.05) is 26.2 Å². The summed E-state index contributed by atoms with van der Waals surface area (Å²) >= 11 is 0. The SMILES string of the molecule is CCN(CC)C(=O)c1ccc(C(c2cccc(O)c2)N2C[C@@H](C)N(Cc3cccc(F)c3)C[C@H]2C)cc1. The van der Waals surface area contributed by atoms with Gasteiger partial charge < -0.3 is 10.0 Å². The van der Waals surface area contributed by atoms with Crippen LogP contribution in [0.2, 0.25) is 0 Å². The maximum absolute atomic E-state index is 13.8. The molecule has 1 saturated heterocycles. The van der Waals surface area contributed by atoms with Crippen LogP contribution in [0.5, 0.6) is 5.75 Å². The summed E-state index contributed by atoms with van der Waals surface area (Å²) in [7, 11) is 0. The van der Waals surface area contributed by atoms with Gasteiger partial charge in [-0.1, -0.05) is 36.4 Å². The average molecular weight is 504 g/mol. The molecule has 1 fully saturated rings. The molecule has 3 aromatic carbocycles. The number of aromatic hydroxyl groups is 1. The van der Waals surface area contributed by atoms with E-state index in [9.17, 15) is 14.3 Å². The fourth-order valence-electron chi connectivity index (χ4n) is 5.45. The van der Waals surface area contributed by atoms with Gasteiger partial charge in [0, 0.05) is 50.4 Å². The normalized spacial score (nSPS) is 19.5. The van der Waals surface area contributed by atoms with Crippen LogP contribution in [0.3, 0.4) is 0 Å². The first kappa shape index (κ1) is 26.8. The molecule has 5 nitrogen and oxygen atoms in total. The van der Waals surface area contributed by atoms with Crippen LogP contribution in [-0.2, 0) is 6.54 Å². The van der Waals surface area contributed by atoms with E-state index in [0.29, 0.717) is 25.2 Å². The Bertz CT molecular complexity index is 1200. The van der Waals surface area contributed by atoms with E-state index in [0.717, 1.165) is 29.8 Å². The number of halogens is 1. The summed E-state index contributed by atoms with van der Waals surface area (Å²) in [5, 5.41) is 10.3. The monoisotopic (exact) mass is 503 g/mol. The number of carbonyl (C=O) groups is 1. The third kappa shape index (κ3) is 6.20. The number of carbonyl (C=O) groups excluding carboxylic acids is 1. The Morgan fingerprint density at radius 3 is 2.30 bits per heavy atom. The van der Waals surface area contributed by atoms with E-state index in [2.05, 4.69) is 29.7 Å². The lowest BCUT2D eigenvalue weighted by Crippen LogP contribution is -2.56. The van der Waals surface area contributed by atoms with Crippen LogP contribution < -0.4 is 0 Å². The van der Waals surface area contributed by atoms with Gasteiger partial charge in [-0.05, 0) is 80.8 Å². The van der Waals surface area contributed by atoms with Crippen molar-refractivity contribution < 1.29 is 14.3 Å². The zero-order valence-corrected chi connectivity index (χ0v) is 22.3. The van der Waals surface area contributed by atoms with Gasteiger partial charge in [-0.2, -0.15) is 0 Å². The summed E-state index contributed by atoms with van der Waals surface area (Å²) in [5.74, 6) is 0.0726. The number of phenols is 1. The number of nitrogens with zero attached hydrogens (tertiary/aromatic N) is 3. The van der Waals surface area contributed by atoms with Crippen molar-refractivity contribution >= 4 is 5.91 Å². The van der Waals surface area contributed by atoms with Crippen LogP contribution in [0.1, 0.15) is 60.8 Å². The first-order chi connectivity index (χ1) is 17.8. The number of hydrogen-bond donors (Lipinski definition) is 1. The molecule has 0 aromatic heterocycles. The van der Waals surface area contributed by atoms with Gasteiger partial charge in [0.2, 0.25) is 0 Å². The Hall–Kier alpha value is -3.22. The zero-order valence-electron chi connectivity index (χ0n) is 22.3. The topological polar surface area (TPSA) is 47.0 Å². The molecule has 1 N–H and O–H groups in total. The molecule has 0 saturated carbocycles. The summed E-state index contributed by atoms with van der Waals surface area (Å²) in [6, 6.07) is 22.6. The first-order valence-electron chi connectivity index (χ1n) is 13.2. The van der Waals surface area contributed by atoms with Crippen molar-refractivity contribution in [3.63, 3.8) is 0 Å². The number of hydrogen-bond acceptors (Lipinski definition) is 4. The van der Waals surface area contributed by atoms with Crippen LogP contribution >= 0.6 is 0 Å². The van der Waals surface area contributed by atoms with Crippen LogP contribution in [0.4, 0.5) is 4.39 Å². The largest absolute Gasteiger partial charge is 0.508 e. The van der Waals surface area contributed by atoms with E-state index >= 15 is 0 Å². The Labute approximate surface area is 220 Å². The molecule has 1 aliphatic heterocycles. The predicted octanol–water partition coefficient (Wildman–Crippen LogP) is 5.70. The molecule has 3 atom stereocenters. The van der Waals surface area contributed by atoms with Crippen molar-refractivity contribution in [2.45, 2.75) is 52.4 Å². The highest BCUT2D eigenvalue weighted by Gasteiger charge is 2.35. The van der Waals surface area contributed by atoms with E-state index in [-0.39, 0.29) is 35.6 Å². The minimum atomic E-state index is -0.205. The molecule has 1 amide bonds. The predicted molar refractivity (Wildman–Crippen MR) is 146 cm³/mol. The van der Waals surface area contributed by atoms with E-state index in [4.69, 9.17) is 0 Å². The van der Waals surface area contributed by atoms with Crippen LogP contribution in [0.25, 0.3) is 0 Å². The van der Waals surface area contributed by atoms with E-state index in [1.54, 1.807) is 18.2 Å². The molecular formula is C31H38FN3O2. The lowest BCUT2D eigenvalue weighted by atomic mass is 9.92. The van der Waals surface area contributed by atoms with Gasteiger partial charge in [-0.25, -0.2) is 4.39 Å². The van der Waals surface area contributed by atoms with Gasteiger partial charge in [0.25, 0.3) is 5.91 Å². The maximum Gasteiger partial charge on any atom is 0.253 e. The summed E-state index contributed by atoms with van der Waals surface area (Å²) in [6.45, 7) is 12.1. The lowest BCUT2D eigenvalue weighted by Gasteiger charge is -2.47. The number of rotatable bonds is 8. The standard InChI is InChI=1S/C31H38FN3O2/c1-5-33(6-2)31(37)26-15-13-25(14-16-26)30(27-10-8-12-29(36)18-27)35-20-22(3)34(19-23(35)4)21-24-9-7-11-28(32)17-24/h7-18,22-23,30,36H,5-6,19-21H2,1-4H3/t22-,23-,30?/m1/s1. The first-order valence-corrected chi connectivity index (χ1v) is 13.2. The Kier molecular flexibility index (Phi) is 8.62. The second kappa shape index (κ2) is 11.9. The number of phenolic OH excluding ortho intramolecular Hbond substituents is 1. The van der Waals surface area contributed by atoms with Gasteiger partial charge >= 0.3 is 0 Å². The summed E-state index contributed by atoms with van der Waals surface area (Å²) in [6.07, 6.45) is 0. The van der Waals surface area contributed by atoms with Crippen LogP contribution in [-0.4, -0.2) is 64.0 Å². The summed E-state index contributed by atoms with van der Waals surface area (Å²) < 4.78 is 13.8. The molecule has 4 rings (SSSR count). The Morgan fingerprint density at radius 1 is 0.946 bits per heavy atom. The average Bonchev–Trinajstić information content (AvgIpc) is 2.88. The van der Waals surface area contributed by atoms with Crippen LogP contribution in [0, 0.1) is 5.82 Å². The summed E-state index contributed by atoms with van der Waals surface area (Å²) in [5.41, 5.74) is 3.76. The highest BCUT2D eigenvalue weighted by molar-refractivity contribution is 5.94. The Morgan fingerprint density at radius 2 is 1.65 bits per heavy atom. The number of amides is 1. The van der Waals surface area contributed by atoms with E-state index < -0.39 is 0 Å². The Balaban J connectivity index is 1.61. The second-order valence-electron chi connectivity index (χ2n) is 10.1. The molecule has 37 heavy (non-hydrogen) atoms. The number of piperazine rings is 1. The maximum atomic E-state index is 13.8. The lowest BCUT2D eigenvalue weighted by molar-refractivity contribution is 0.0194. The molecule has 0 spiro atoms. The second-order valence-corrected chi connectivity index (χ2v) is 10.1. The third-order valence-corrected chi connectivity index (χ3v) is 7.48. The van der Waals surface area contributed by atoms with Gasteiger partial charge in [0.05, 0.1) is 6.04 Å². The van der Waals surface area contributed by atoms with Crippen molar-refractivity contribution in [3.05, 3.63) is 101 Å². The molecular weight excluding hydrogens is 465 g/mol. The fraction of sp³-hybridized carbons (Fsp3) is 0.387. The summed E-state index contributed by atoms with van der Waals surface area (Å²) in [4.78, 5) is 19.6. The molecule has 196 valence electrons. The fourth-order valence-corrected chi connectivity index (χ4v) is 5.45. The van der Waals surface area contributed by atoms with Gasteiger partial charge in [0.15, 0.2) is 0 Å². The third-order valence-electron chi connectivity index (χ3n) is 7.48. The molecule has 3 aromatic rings. The molecule has 0 radical (unpaired) electrons. The smallest absolute Gasteiger partial charge is 0.253 e. The van der Waals surface area contributed by atoms with Crippen LogP contribution in [0.15, 0.2) is 72.8 Å². The quantitative estimate of drug-likeness (QED) is 0.429. The van der Waals surface area contributed by atoms with E-state index in [1.807, 2.05) is 61.2 Å². The van der Waals surface area contributed by atoms with Crippen molar-refractivity contribution in [3.8, 4) is 5.75 Å². The van der Waals surface area contributed by atoms with Crippen molar-refractivity contribution in [2.24, 2.45) is 0 Å². The number of benzene rings is 3. The zero-order chi connectivity index (χ0) is 26.5. The van der Waals surface area contributed by atoms with E-state index in [1.165, 1.54) is 6.07 Å². The molecule has 1 aliphatic rings. The molecule has 6 heteroatoms. The molecule has 0 bridgehead atoms. The highest BCUT2D eigenvalue weighted by atomic mass is 19.1. The minimum absolute atomic E-state index is 0.0402. The highest BCUT2D eigenvalue weighted by Crippen LogP contribution is 2.35.